The first-order chi connectivity index (χ1) is 9.76. The maximum Gasteiger partial charge on any atom is 0.411 e. The standard InChI is InChI=1S/C16H26N2O2/c1-2-3-4-5-6-7-12-20-16(19)18-15-10-8-14(13-17)9-11-15/h8-11H,2-7,12-13,17H2,1H3,(H,18,19). The van der Waals surface area contributed by atoms with Gasteiger partial charge in [-0.1, -0.05) is 51.2 Å². The highest BCUT2D eigenvalue weighted by molar-refractivity contribution is 5.84. The fourth-order valence-corrected chi connectivity index (χ4v) is 1.93. The van der Waals surface area contributed by atoms with Crippen LogP contribution in [0.3, 0.4) is 0 Å². The van der Waals surface area contributed by atoms with Crippen molar-refractivity contribution in [1.29, 1.82) is 0 Å². The SMILES string of the molecule is CCCCCCCCOC(=O)Nc1ccc(CN)cc1. The lowest BCUT2D eigenvalue weighted by atomic mass is 10.1. The van der Waals surface area contributed by atoms with Gasteiger partial charge in [0.05, 0.1) is 6.61 Å². The molecule has 0 aliphatic carbocycles. The van der Waals surface area contributed by atoms with E-state index >= 15 is 0 Å². The molecule has 0 atom stereocenters. The van der Waals surface area contributed by atoms with Gasteiger partial charge in [0.25, 0.3) is 0 Å². The van der Waals surface area contributed by atoms with Gasteiger partial charge in [0.1, 0.15) is 0 Å². The summed E-state index contributed by atoms with van der Waals surface area (Å²) < 4.78 is 5.13. The topological polar surface area (TPSA) is 64.3 Å². The number of nitrogens with two attached hydrogens (primary N) is 1. The molecule has 1 rings (SSSR count). The molecule has 4 heteroatoms. The Kier molecular flexibility index (Phi) is 8.47. The highest BCUT2D eigenvalue weighted by Crippen LogP contribution is 2.10. The number of amides is 1. The largest absolute Gasteiger partial charge is 0.449 e. The van der Waals surface area contributed by atoms with Gasteiger partial charge in [-0.2, -0.15) is 0 Å². The molecule has 0 fully saturated rings. The van der Waals surface area contributed by atoms with E-state index < -0.39 is 0 Å². The predicted molar refractivity (Wildman–Crippen MR) is 82.7 cm³/mol. The molecule has 1 aromatic carbocycles. The van der Waals surface area contributed by atoms with Gasteiger partial charge >= 0.3 is 6.09 Å². The Bertz CT molecular complexity index is 377. The summed E-state index contributed by atoms with van der Waals surface area (Å²) in [5.41, 5.74) is 7.28. The normalized spacial score (nSPS) is 10.3. The minimum absolute atomic E-state index is 0.390. The van der Waals surface area contributed by atoms with Crippen molar-refractivity contribution < 1.29 is 9.53 Å². The molecule has 112 valence electrons. The summed E-state index contributed by atoms with van der Waals surface area (Å²) in [6.07, 6.45) is 6.71. The van der Waals surface area contributed by atoms with Crippen molar-refractivity contribution in [1.82, 2.24) is 0 Å². The van der Waals surface area contributed by atoms with E-state index in [4.69, 9.17) is 10.5 Å². The van der Waals surface area contributed by atoms with Gasteiger partial charge < -0.3 is 10.5 Å². The van der Waals surface area contributed by atoms with Crippen molar-refractivity contribution in [2.45, 2.75) is 52.0 Å². The molecule has 0 heterocycles. The lowest BCUT2D eigenvalue weighted by Gasteiger charge is -2.07. The average Bonchev–Trinajstić information content (AvgIpc) is 2.47. The molecule has 0 radical (unpaired) electrons. The van der Waals surface area contributed by atoms with Crippen LogP contribution in [0, 0.1) is 0 Å². The number of nitrogens with one attached hydrogen (secondary N) is 1. The highest BCUT2D eigenvalue weighted by Gasteiger charge is 2.02. The van der Waals surface area contributed by atoms with Crippen molar-refractivity contribution in [2.75, 3.05) is 11.9 Å². The van der Waals surface area contributed by atoms with Crippen LogP contribution in [0.15, 0.2) is 24.3 Å². The minimum Gasteiger partial charge on any atom is -0.449 e. The Hall–Kier alpha value is -1.55. The molecule has 1 aromatic rings. The van der Waals surface area contributed by atoms with Crippen LogP contribution in [-0.4, -0.2) is 12.7 Å². The van der Waals surface area contributed by atoms with Crippen LogP contribution in [-0.2, 0) is 11.3 Å². The van der Waals surface area contributed by atoms with E-state index in [-0.39, 0.29) is 6.09 Å². The van der Waals surface area contributed by atoms with Gasteiger partial charge in [0.2, 0.25) is 0 Å². The van der Waals surface area contributed by atoms with Crippen molar-refractivity contribution in [3.05, 3.63) is 29.8 Å². The summed E-state index contributed by atoms with van der Waals surface area (Å²) >= 11 is 0. The van der Waals surface area contributed by atoms with Crippen molar-refractivity contribution in [3.8, 4) is 0 Å². The summed E-state index contributed by atoms with van der Waals surface area (Å²) in [5.74, 6) is 0. The number of benzene rings is 1. The first-order valence-electron chi connectivity index (χ1n) is 7.49. The molecule has 0 saturated heterocycles. The molecule has 3 N–H and O–H groups in total. The molecular weight excluding hydrogens is 252 g/mol. The first kappa shape index (κ1) is 16.5. The number of anilines is 1. The summed E-state index contributed by atoms with van der Waals surface area (Å²) in [7, 11) is 0. The smallest absolute Gasteiger partial charge is 0.411 e. The van der Waals surface area contributed by atoms with Crippen LogP contribution in [0.25, 0.3) is 0 Å². The van der Waals surface area contributed by atoms with Crippen LogP contribution < -0.4 is 11.1 Å². The molecule has 0 unspecified atom stereocenters. The van der Waals surface area contributed by atoms with Gasteiger partial charge in [-0.05, 0) is 24.1 Å². The molecule has 1 amide bonds. The molecule has 0 aromatic heterocycles. The second kappa shape index (κ2) is 10.3. The first-order valence-corrected chi connectivity index (χ1v) is 7.49. The van der Waals surface area contributed by atoms with E-state index in [1.807, 2.05) is 24.3 Å². The Labute approximate surface area is 121 Å². The van der Waals surface area contributed by atoms with Crippen LogP contribution in [0.2, 0.25) is 0 Å². The molecular formula is C16H26N2O2. The van der Waals surface area contributed by atoms with Gasteiger partial charge in [-0.3, -0.25) is 5.32 Å². The minimum atomic E-state index is -0.390. The van der Waals surface area contributed by atoms with Crippen LogP contribution in [0.4, 0.5) is 10.5 Å². The van der Waals surface area contributed by atoms with Crippen LogP contribution in [0.5, 0.6) is 0 Å². The second-order valence-corrected chi connectivity index (χ2v) is 4.93. The van der Waals surface area contributed by atoms with Crippen LogP contribution in [0.1, 0.15) is 51.0 Å². The van der Waals surface area contributed by atoms with Crippen LogP contribution >= 0.6 is 0 Å². The van der Waals surface area contributed by atoms with Crippen molar-refractivity contribution in [2.24, 2.45) is 5.73 Å². The van der Waals surface area contributed by atoms with E-state index in [1.165, 1.54) is 25.7 Å². The highest BCUT2D eigenvalue weighted by atomic mass is 16.5. The third-order valence-electron chi connectivity index (χ3n) is 3.17. The zero-order valence-electron chi connectivity index (χ0n) is 12.4. The molecule has 0 saturated carbocycles. The Morgan fingerprint density at radius 1 is 1.10 bits per heavy atom. The molecule has 20 heavy (non-hydrogen) atoms. The molecule has 0 spiro atoms. The number of rotatable bonds is 9. The second-order valence-electron chi connectivity index (χ2n) is 4.93. The molecule has 0 bridgehead atoms. The lowest BCUT2D eigenvalue weighted by Crippen LogP contribution is -2.14. The van der Waals surface area contributed by atoms with Crippen molar-refractivity contribution in [3.63, 3.8) is 0 Å². The molecule has 0 aliphatic heterocycles. The summed E-state index contributed by atoms with van der Waals surface area (Å²) in [6, 6.07) is 7.44. The number of hydrogen-bond donors (Lipinski definition) is 2. The summed E-state index contributed by atoms with van der Waals surface area (Å²) in [6.45, 7) is 3.19. The van der Waals surface area contributed by atoms with E-state index in [0.717, 1.165) is 24.1 Å². The number of carbonyl (C=O) groups is 1. The fraction of sp³-hybridized carbons (Fsp3) is 0.562. The third kappa shape index (κ3) is 7.14. The maximum absolute atomic E-state index is 11.5. The fourth-order valence-electron chi connectivity index (χ4n) is 1.93. The van der Waals surface area contributed by atoms with Gasteiger partial charge in [-0.25, -0.2) is 4.79 Å². The zero-order chi connectivity index (χ0) is 14.6. The quantitative estimate of drug-likeness (QED) is 0.670. The number of hydrogen-bond acceptors (Lipinski definition) is 3. The monoisotopic (exact) mass is 278 g/mol. The number of carbonyl (C=O) groups excluding carboxylic acids is 1. The number of unbranched alkanes of at least 4 members (excludes halogenated alkanes) is 5. The van der Waals surface area contributed by atoms with E-state index in [9.17, 15) is 4.79 Å². The Morgan fingerprint density at radius 2 is 1.75 bits per heavy atom. The predicted octanol–water partition coefficient (Wildman–Crippen LogP) is 4.05. The number of ether oxygens (including phenoxy) is 1. The van der Waals surface area contributed by atoms with Gasteiger partial charge in [-0.15, -0.1) is 0 Å². The summed E-state index contributed by atoms with van der Waals surface area (Å²) in [4.78, 5) is 11.5. The summed E-state index contributed by atoms with van der Waals surface area (Å²) in [5, 5.41) is 2.70. The Morgan fingerprint density at radius 3 is 2.40 bits per heavy atom. The van der Waals surface area contributed by atoms with Gasteiger partial charge in [0.15, 0.2) is 0 Å². The third-order valence-corrected chi connectivity index (χ3v) is 3.17. The van der Waals surface area contributed by atoms with E-state index in [0.29, 0.717) is 13.2 Å². The van der Waals surface area contributed by atoms with Crippen molar-refractivity contribution >= 4 is 11.8 Å². The Balaban J connectivity index is 2.10. The van der Waals surface area contributed by atoms with E-state index in [1.54, 1.807) is 0 Å². The molecule has 4 nitrogen and oxygen atoms in total. The molecule has 0 aliphatic rings. The van der Waals surface area contributed by atoms with Gasteiger partial charge in [0, 0.05) is 12.2 Å². The maximum atomic E-state index is 11.5. The van der Waals surface area contributed by atoms with E-state index in [2.05, 4.69) is 12.2 Å². The zero-order valence-corrected chi connectivity index (χ0v) is 12.4. The average molecular weight is 278 g/mol. The lowest BCUT2D eigenvalue weighted by molar-refractivity contribution is 0.159.